The van der Waals surface area contributed by atoms with E-state index < -0.39 is 20.6 Å². The summed E-state index contributed by atoms with van der Waals surface area (Å²) in [4.78, 5) is -0.446. The number of hydrogen-bond acceptors (Lipinski definition) is 3. The van der Waals surface area contributed by atoms with Crippen molar-refractivity contribution < 1.29 is 12.8 Å². The fourth-order valence-corrected chi connectivity index (χ4v) is 2.91. The highest BCUT2D eigenvalue weighted by Crippen LogP contribution is 2.22. The van der Waals surface area contributed by atoms with Gasteiger partial charge in [0.2, 0.25) is 9.84 Å². The van der Waals surface area contributed by atoms with Gasteiger partial charge in [0.05, 0.1) is 4.90 Å². The van der Waals surface area contributed by atoms with Gasteiger partial charge in [0, 0.05) is 5.02 Å². The van der Waals surface area contributed by atoms with Crippen LogP contribution in [-0.4, -0.2) is 8.42 Å². The zero-order valence-electron chi connectivity index (χ0n) is 10.6. The Labute approximate surface area is 126 Å². The molecule has 6 heteroatoms. The Bertz CT molecular complexity index is 819. The van der Waals surface area contributed by atoms with Crippen molar-refractivity contribution in [3.05, 3.63) is 69.8 Å². The van der Waals surface area contributed by atoms with Gasteiger partial charge in [0.25, 0.3) is 0 Å². The van der Waals surface area contributed by atoms with Crippen molar-refractivity contribution in [3.8, 4) is 6.07 Å². The molecule has 106 valence electrons. The van der Waals surface area contributed by atoms with Crippen molar-refractivity contribution in [2.24, 2.45) is 0 Å². The standard InChI is InChI=1S/C15H9ClFNO2S/c16-12-3-7-14(8-4-12)21(19,20)15(10-18)9-11-1-5-13(17)6-2-11/h1-9H/b15-9+. The molecule has 0 unspecified atom stereocenters. The minimum absolute atomic E-state index is 0.0261. The fourth-order valence-electron chi connectivity index (χ4n) is 1.62. The lowest BCUT2D eigenvalue weighted by atomic mass is 10.2. The summed E-state index contributed by atoms with van der Waals surface area (Å²) in [6.45, 7) is 0. The molecule has 0 radical (unpaired) electrons. The van der Waals surface area contributed by atoms with Crippen molar-refractivity contribution in [3.63, 3.8) is 0 Å². The summed E-state index contributed by atoms with van der Waals surface area (Å²) in [7, 11) is -3.93. The fraction of sp³-hybridized carbons (Fsp3) is 0. The molecular formula is C15H9ClFNO2S. The van der Waals surface area contributed by atoms with E-state index in [1.165, 1.54) is 54.6 Å². The average molecular weight is 322 g/mol. The first-order valence-electron chi connectivity index (χ1n) is 5.81. The van der Waals surface area contributed by atoms with Crippen molar-refractivity contribution in [2.75, 3.05) is 0 Å². The lowest BCUT2D eigenvalue weighted by Gasteiger charge is -2.03. The molecule has 0 saturated carbocycles. The van der Waals surface area contributed by atoms with Crippen LogP contribution in [0.2, 0.25) is 5.02 Å². The predicted molar refractivity (Wildman–Crippen MR) is 78.6 cm³/mol. The van der Waals surface area contributed by atoms with Crippen LogP contribution in [0.5, 0.6) is 0 Å². The van der Waals surface area contributed by atoms with E-state index in [4.69, 9.17) is 16.9 Å². The maximum Gasteiger partial charge on any atom is 0.216 e. The first-order valence-corrected chi connectivity index (χ1v) is 7.67. The molecule has 2 aromatic rings. The first-order chi connectivity index (χ1) is 9.93. The molecule has 0 fully saturated rings. The number of rotatable bonds is 3. The Hall–Kier alpha value is -2.16. The van der Waals surface area contributed by atoms with E-state index in [-0.39, 0.29) is 4.90 Å². The largest absolute Gasteiger partial charge is 0.218 e. The van der Waals surface area contributed by atoms with E-state index in [0.29, 0.717) is 10.6 Å². The molecule has 0 atom stereocenters. The number of nitriles is 1. The van der Waals surface area contributed by atoms with Crippen LogP contribution in [0.1, 0.15) is 5.56 Å². The second-order valence-electron chi connectivity index (χ2n) is 4.13. The summed E-state index contributed by atoms with van der Waals surface area (Å²) in [6, 6.07) is 12.3. The summed E-state index contributed by atoms with van der Waals surface area (Å²) >= 11 is 5.71. The van der Waals surface area contributed by atoms with E-state index in [0.717, 1.165) is 0 Å². The molecule has 2 aromatic carbocycles. The van der Waals surface area contributed by atoms with Crippen molar-refractivity contribution >= 4 is 27.5 Å². The van der Waals surface area contributed by atoms with Crippen LogP contribution in [0.4, 0.5) is 4.39 Å². The van der Waals surface area contributed by atoms with Crippen LogP contribution in [0.3, 0.4) is 0 Å². The van der Waals surface area contributed by atoms with Gasteiger partial charge in [-0.05, 0) is 48.0 Å². The number of hydrogen-bond donors (Lipinski definition) is 0. The van der Waals surface area contributed by atoms with Gasteiger partial charge < -0.3 is 0 Å². The molecular weight excluding hydrogens is 313 g/mol. The highest BCUT2D eigenvalue weighted by Gasteiger charge is 2.20. The molecule has 0 saturated heterocycles. The molecule has 2 rings (SSSR count). The highest BCUT2D eigenvalue weighted by atomic mass is 35.5. The zero-order chi connectivity index (χ0) is 15.5. The van der Waals surface area contributed by atoms with E-state index in [1.54, 1.807) is 6.07 Å². The van der Waals surface area contributed by atoms with Crippen LogP contribution < -0.4 is 0 Å². The van der Waals surface area contributed by atoms with Crippen molar-refractivity contribution in [2.45, 2.75) is 4.90 Å². The Kier molecular flexibility index (Phi) is 4.41. The number of halogens is 2. The maximum absolute atomic E-state index is 12.8. The molecule has 0 spiro atoms. The third kappa shape index (κ3) is 3.48. The topological polar surface area (TPSA) is 57.9 Å². The third-order valence-corrected chi connectivity index (χ3v) is 4.62. The van der Waals surface area contributed by atoms with E-state index in [1.807, 2.05) is 0 Å². The van der Waals surface area contributed by atoms with Gasteiger partial charge in [-0.3, -0.25) is 0 Å². The van der Waals surface area contributed by atoms with E-state index in [9.17, 15) is 12.8 Å². The highest BCUT2D eigenvalue weighted by molar-refractivity contribution is 7.95. The Morgan fingerprint density at radius 2 is 1.67 bits per heavy atom. The van der Waals surface area contributed by atoms with Gasteiger partial charge in [-0.25, -0.2) is 12.8 Å². The van der Waals surface area contributed by atoms with Gasteiger partial charge in [0.1, 0.15) is 16.8 Å². The molecule has 21 heavy (non-hydrogen) atoms. The van der Waals surface area contributed by atoms with Crippen LogP contribution in [0.15, 0.2) is 58.3 Å². The minimum atomic E-state index is -3.93. The molecule has 0 aliphatic carbocycles. The average Bonchev–Trinajstić information content (AvgIpc) is 2.47. The number of allylic oxidation sites excluding steroid dienone is 1. The monoisotopic (exact) mass is 321 g/mol. The van der Waals surface area contributed by atoms with Gasteiger partial charge in [-0.1, -0.05) is 23.7 Å². The molecule has 0 aliphatic heterocycles. The first kappa shape index (κ1) is 15.2. The normalized spacial score (nSPS) is 12.0. The maximum atomic E-state index is 12.8. The molecule has 0 bridgehead atoms. The van der Waals surface area contributed by atoms with Crippen LogP contribution in [-0.2, 0) is 9.84 Å². The number of benzene rings is 2. The summed E-state index contributed by atoms with van der Waals surface area (Å²) in [5, 5.41) is 9.49. The van der Waals surface area contributed by atoms with Gasteiger partial charge in [-0.2, -0.15) is 5.26 Å². The Balaban J connectivity index is 2.47. The molecule has 0 aromatic heterocycles. The summed E-state index contributed by atoms with van der Waals surface area (Å²) < 4.78 is 37.5. The van der Waals surface area contributed by atoms with E-state index >= 15 is 0 Å². The van der Waals surface area contributed by atoms with Crippen LogP contribution in [0.25, 0.3) is 6.08 Å². The van der Waals surface area contributed by atoms with Gasteiger partial charge >= 0.3 is 0 Å². The summed E-state index contributed by atoms with van der Waals surface area (Å²) in [5.41, 5.74) is 0.422. The lowest BCUT2D eigenvalue weighted by Crippen LogP contribution is -2.03. The molecule has 0 N–H and O–H groups in total. The number of sulfone groups is 1. The van der Waals surface area contributed by atoms with Crippen molar-refractivity contribution in [1.29, 1.82) is 5.26 Å². The summed E-state index contributed by atoms with van der Waals surface area (Å²) in [6.07, 6.45) is 1.20. The molecule has 0 heterocycles. The predicted octanol–water partition coefficient (Wildman–Crippen LogP) is 3.82. The second-order valence-corrected chi connectivity index (χ2v) is 6.48. The minimum Gasteiger partial charge on any atom is -0.218 e. The quantitative estimate of drug-likeness (QED) is 0.807. The SMILES string of the molecule is N#C/C(=C\c1ccc(F)cc1)S(=O)(=O)c1ccc(Cl)cc1. The van der Waals surface area contributed by atoms with Gasteiger partial charge in [0.15, 0.2) is 0 Å². The molecule has 0 aliphatic rings. The molecule has 0 amide bonds. The second kappa shape index (κ2) is 6.08. The Morgan fingerprint density at radius 3 is 2.19 bits per heavy atom. The van der Waals surface area contributed by atoms with Gasteiger partial charge in [-0.15, -0.1) is 0 Å². The van der Waals surface area contributed by atoms with E-state index in [2.05, 4.69) is 0 Å². The number of nitrogens with zero attached hydrogens (tertiary/aromatic N) is 1. The van der Waals surface area contributed by atoms with Crippen molar-refractivity contribution in [1.82, 2.24) is 0 Å². The van der Waals surface area contributed by atoms with Crippen LogP contribution in [0, 0.1) is 17.1 Å². The Morgan fingerprint density at radius 1 is 1.10 bits per heavy atom. The lowest BCUT2D eigenvalue weighted by molar-refractivity contribution is 0.603. The van der Waals surface area contributed by atoms with Crippen LogP contribution >= 0.6 is 11.6 Å². The third-order valence-electron chi connectivity index (χ3n) is 2.69. The summed E-state index contributed by atoms with van der Waals surface area (Å²) in [5.74, 6) is -0.439. The smallest absolute Gasteiger partial charge is 0.216 e. The molecule has 3 nitrogen and oxygen atoms in total. The zero-order valence-corrected chi connectivity index (χ0v) is 12.2.